The number of hydrogen-bond acceptors (Lipinski definition) is 4. The first-order valence-electron chi connectivity index (χ1n) is 7.78. The molecule has 118 valence electrons. The quantitative estimate of drug-likeness (QED) is 0.534. The second-order valence-corrected chi connectivity index (χ2v) is 7.72. The van der Waals surface area contributed by atoms with Gasteiger partial charge >= 0.3 is 0 Å². The lowest BCUT2D eigenvalue weighted by Crippen LogP contribution is -2.36. The van der Waals surface area contributed by atoms with Crippen LogP contribution in [0.1, 0.15) is 48.0 Å². The van der Waals surface area contributed by atoms with Crippen LogP contribution in [0.15, 0.2) is 0 Å². The van der Waals surface area contributed by atoms with Gasteiger partial charge in [0.05, 0.1) is 12.2 Å². The van der Waals surface area contributed by atoms with Crippen LogP contribution in [0.25, 0.3) is 0 Å². The summed E-state index contributed by atoms with van der Waals surface area (Å²) in [4.78, 5) is 0. The van der Waals surface area contributed by atoms with Crippen molar-refractivity contribution in [3.05, 3.63) is 0 Å². The van der Waals surface area contributed by atoms with Crippen LogP contribution in [-0.4, -0.2) is 49.9 Å². The van der Waals surface area contributed by atoms with Gasteiger partial charge in [-0.05, 0) is 34.1 Å². The Labute approximate surface area is 126 Å². The molecule has 1 aliphatic heterocycles. The topological polar surface area (TPSA) is 30.9 Å². The van der Waals surface area contributed by atoms with E-state index in [1.165, 1.54) is 0 Å². The van der Waals surface area contributed by atoms with Gasteiger partial charge in [0.25, 0.3) is 8.53 Å². The maximum absolute atomic E-state index is 6.38. The molecular weight excluding hydrogens is 272 g/mol. The van der Waals surface area contributed by atoms with Gasteiger partial charge in [-0.15, -0.1) is 0 Å². The molecule has 0 spiro atoms. The molecule has 20 heavy (non-hydrogen) atoms. The molecular formula is C14H31BNO3P. The van der Waals surface area contributed by atoms with Crippen molar-refractivity contribution >= 4 is 16.4 Å². The van der Waals surface area contributed by atoms with E-state index in [-0.39, 0.29) is 18.2 Å². The van der Waals surface area contributed by atoms with Crippen LogP contribution in [0.2, 0.25) is 0 Å². The first kappa shape index (κ1) is 18.4. The Hall–Kier alpha value is 0.335. The molecule has 0 bridgehead atoms. The van der Waals surface area contributed by atoms with Crippen molar-refractivity contribution in [2.75, 3.05) is 7.11 Å². The first-order valence-corrected chi connectivity index (χ1v) is 8.91. The van der Waals surface area contributed by atoms with Crippen molar-refractivity contribution in [1.82, 2.24) is 4.67 Å². The molecule has 4 nitrogen and oxygen atoms in total. The number of hydrogen-bond donors (Lipinski definition) is 0. The summed E-state index contributed by atoms with van der Waals surface area (Å²) in [6, 6.07) is 1.05. The number of rotatable bonds is 7. The van der Waals surface area contributed by atoms with Crippen LogP contribution in [0.3, 0.4) is 0 Å². The zero-order chi connectivity index (χ0) is 15.4. The Balaban J connectivity index is 2.80. The highest BCUT2D eigenvalue weighted by Crippen LogP contribution is 2.49. The fraction of sp³-hybridized carbons (Fsp3) is 1.00. The van der Waals surface area contributed by atoms with Crippen molar-refractivity contribution in [2.45, 2.75) is 78.3 Å². The number of nitrogens with zero attached hydrogens (tertiary/aromatic N) is 1. The van der Waals surface area contributed by atoms with Gasteiger partial charge in [0.15, 0.2) is 0 Å². The predicted molar refractivity (Wildman–Crippen MR) is 87.6 cm³/mol. The Morgan fingerprint density at radius 2 is 1.80 bits per heavy atom. The van der Waals surface area contributed by atoms with Gasteiger partial charge in [0.1, 0.15) is 7.85 Å². The summed E-state index contributed by atoms with van der Waals surface area (Å²) in [6.45, 7) is 13.1. The highest BCUT2D eigenvalue weighted by molar-refractivity contribution is 7.44. The Morgan fingerprint density at radius 3 is 2.20 bits per heavy atom. The van der Waals surface area contributed by atoms with Crippen LogP contribution >= 0.6 is 8.53 Å². The molecule has 0 amide bonds. The monoisotopic (exact) mass is 303 g/mol. The van der Waals surface area contributed by atoms with Gasteiger partial charge in [-0.1, -0.05) is 13.8 Å². The molecule has 1 aliphatic rings. The van der Waals surface area contributed by atoms with E-state index in [2.05, 4.69) is 54.1 Å². The van der Waals surface area contributed by atoms with Crippen molar-refractivity contribution < 1.29 is 13.8 Å². The standard InChI is InChI=1S/C14H31BNO3P/c1-8-12-13(11(6)14(15)18-12)19-20(17-7)16(9(2)3)10(4)5/h9-14H,8,15H2,1-7H3/t11-,12+,13?,14+,20?/m0/s1. The lowest BCUT2D eigenvalue weighted by atomic mass is 9.86. The van der Waals surface area contributed by atoms with Crippen LogP contribution in [-0.2, 0) is 13.8 Å². The molecule has 0 radical (unpaired) electrons. The molecule has 0 aromatic rings. The molecule has 0 N–H and O–H groups in total. The summed E-state index contributed by atoms with van der Waals surface area (Å²) in [7, 11) is 2.84. The molecule has 0 aromatic heterocycles. The van der Waals surface area contributed by atoms with Crippen molar-refractivity contribution in [3.63, 3.8) is 0 Å². The van der Waals surface area contributed by atoms with Gasteiger partial charge in [-0.3, -0.25) is 0 Å². The minimum Gasteiger partial charge on any atom is -0.381 e. The summed E-state index contributed by atoms with van der Waals surface area (Å²) in [6.07, 6.45) is 1.29. The largest absolute Gasteiger partial charge is 0.381 e. The van der Waals surface area contributed by atoms with Gasteiger partial charge in [0, 0.05) is 31.1 Å². The van der Waals surface area contributed by atoms with E-state index in [0.717, 1.165) is 6.42 Å². The molecule has 1 fully saturated rings. The van der Waals surface area contributed by atoms with E-state index < -0.39 is 8.53 Å². The van der Waals surface area contributed by atoms with E-state index in [0.29, 0.717) is 18.0 Å². The lowest BCUT2D eigenvalue weighted by molar-refractivity contribution is 0.0326. The third kappa shape index (κ3) is 4.17. The number of ether oxygens (including phenoxy) is 1. The summed E-state index contributed by atoms with van der Waals surface area (Å²) < 4.78 is 20.4. The van der Waals surface area contributed by atoms with Gasteiger partial charge in [0.2, 0.25) is 0 Å². The maximum Gasteiger partial charge on any atom is 0.259 e. The first-order chi connectivity index (χ1) is 9.33. The summed E-state index contributed by atoms with van der Waals surface area (Å²) in [5.74, 6) is 0.404. The van der Waals surface area contributed by atoms with E-state index in [1.807, 2.05) is 0 Å². The van der Waals surface area contributed by atoms with Crippen LogP contribution < -0.4 is 0 Å². The fourth-order valence-electron chi connectivity index (χ4n) is 2.84. The zero-order valence-corrected chi connectivity index (χ0v) is 15.2. The fourth-order valence-corrected chi connectivity index (χ4v) is 4.52. The average Bonchev–Trinajstić information content (AvgIpc) is 2.64. The zero-order valence-electron chi connectivity index (χ0n) is 14.3. The average molecular weight is 303 g/mol. The molecule has 1 saturated heterocycles. The van der Waals surface area contributed by atoms with E-state index in [4.69, 9.17) is 13.8 Å². The molecule has 5 atom stereocenters. The Morgan fingerprint density at radius 1 is 1.25 bits per heavy atom. The summed E-state index contributed by atoms with van der Waals surface area (Å²) in [5.41, 5.74) is 0. The molecule has 6 heteroatoms. The lowest BCUT2D eigenvalue weighted by Gasteiger charge is -2.37. The SMILES string of the molecule is B[C@@H]1O[C@H](CC)C(OP(OC)N(C(C)C)C(C)C)[C@@H]1C. The highest BCUT2D eigenvalue weighted by atomic mass is 31.2. The molecule has 0 aromatic carbocycles. The second-order valence-electron chi connectivity index (χ2n) is 6.20. The molecule has 0 aliphatic carbocycles. The molecule has 1 rings (SSSR count). The summed E-state index contributed by atoms with van der Waals surface area (Å²) in [5, 5.41) is 0. The Kier molecular flexibility index (Phi) is 7.44. The van der Waals surface area contributed by atoms with E-state index in [9.17, 15) is 0 Å². The minimum atomic E-state index is -1.04. The summed E-state index contributed by atoms with van der Waals surface area (Å²) >= 11 is 0. The van der Waals surface area contributed by atoms with Gasteiger partial charge in [-0.2, -0.15) is 0 Å². The maximum atomic E-state index is 6.38. The highest BCUT2D eigenvalue weighted by Gasteiger charge is 2.42. The molecule has 0 saturated carbocycles. The normalized spacial score (nSPS) is 32.5. The minimum absolute atomic E-state index is 0.126. The smallest absolute Gasteiger partial charge is 0.259 e. The van der Waals surface area contributed by atoms with Crippen molar-refractivity contribution in [3.8, 4) is 0 Å². The van der Waals surface area contributed by atoms with E-state index in [1.54, 1.807) is 7.11 Å². The van der Waals surface area contributed by atoms with Crippen LogP contribution in [0, 0.1) is 5.92 Å². The van der Waals surface area contributed by atoms with E-state index >= 15 is 0 Å². The molecule has 1 heterocycles. The van der Waals surface area contributed by atoms with Crippen LogP contribution in [0.4, 0.5) is 0 Å². The van der Waals surface area contributed by atoms with Crippen LogP contribution in [0.5, 0.6) is 0 Å². The second kappa shape index (κ2) is 8.10. The third-order valence-corrected chi connectivity index (χ3v) is 6.07. The predicted octanol–water partition coefficient (Wildman–Crippen LogP) is 2.77. The Bertz CT molecular complexity index is 286. The van der Waals surface area contributed by atoms with Gasteiger partial charge < -0.3 is 13.8 Å². The third-order valence-electron chi connectivity index (χ3n) is 4.03. The van der Waals surface area contributed by atoms with Gasteiger partial charge in [-0.25, -0.2) is 4.67 Å². The van der Waals surface area contributed by atoms with Crippen molar-refractivity contribution in [2.24, 2.45) is 5.92 Å². The molecule has 2 unspecified atom stereocenters. The van der Waals surface area contributed by atoms with Crippen molar-refractivity contribution in [1.29, 1.82) is 0 Å².